The normalized spacial score (nSPS) is 20.3. The third-order valence-electron chi connectivity index (χ3n) is 5.59. The molecular weight excluding hydrogens is 408 g/mol. The van der Waals surface area contributed by atoms with Crippen molar-refractivity contribution >= 4 is 29.9 Å². The Balaban J connectivity index is 1.25. The molecule has 0 aliphatic carbocycles. The Kier molecular flexibility index (Phi) is 4.72. The molecule has 3 amide bonds. The van der Waals surface area contributed by atoms with E-state index >= 15 is 0 Å². The lowest BCUT2D eigenvalue weighted by Crippen LogP contribution is -2.52. The van der Waals surface area contributed by atoms with Crippen LogP contribution in [0.3, 0.4) is 0 Å². The van der Waals surface area contributed by atoms with Crippen LogP contribution >= 0.6 is 0 Å². The molecule has 1 atom stereocenters. The van der Waals surface area contributed by atoms with E-state index in [1.54, 1.807) is 17.3 Å². The lowest BCUT2D eigenvalue weighted by Gasteiger charge is -2.37. The van der Waals surface area contributed by atoms with Crippen molar-refractivity contribution in [3.63, 3.8) is 0 Å². The highest BCUT2D eigenvalue weighted by molar-refractivity contribution is 5.97. The molecule has 0 bridgehead atoms. The molecule has 1 N–H and O–H groups in total. The molecule has 0 saturated carbocycles. The maximum Gasteiger partial charge on any atom is 0.341 e. The van der Waals surface area contributed by atoms with E-state index in [0.29, 0.717) is 49.9 Å². The summed E-state index contributed by atoms with van der Waals surface area (Å²) < 4.78 is 27.3. The van der Waals surface area contributed by atoms with Crippen molar-refractivity contribution < 1.29 is 18.4 Å². The topological polar surface area (TPSA) is 94.0 Å². The number of piperazine rings is 1. The number of benzene rings is 1. The standard InChI is InChI=1S/C20H19F2N7O2/c21-14-7-12(8-15(22)10-14)16-1-2-24-29(16)20(31)28-5-3-27(4-6-28)19-23-11-13-9-17(30)25-18(13)26-19/h2,7-8,10-11,16H,1,3-6,9H2,(H,23,25,26,30)/t16-/m0/s1. The summed E-state index contributed by atoms with van der Waals surface area (Å²) >= 11 is 0. The molecule has 3 aliphatic rings. The fourth-order valence-corrected chi connectivity index (χ4v) is 4.02. The molecule has 1 fully saturated rings. The Morgan fingerprint density at radius 3 is 2.58 bits per heavy atom. The lowest BCUT2D eigenvalue weighted by molar-refractivity contribution is -0.115. The van der Waals surface area contributed by atoms with Gasteiger partial charge < -0.3 is 15.1 Å². The van der Waals surface area contributed by atoms with Crippen molar-refractivity contribution in [2.45, 2.75) is 18.9 Å². The minimum atomic E-state index is -0.687. The number of amides is 3. The number of hydrazone groups is 1. The van der Waals surface area contributed by atoms with Gasteiger partial charge in [0.25, 0.3) is 0 Å². The van der Waals surface area contributed by atoms with Crippen LogP contribution in [0.5, 0.6) is 0 Å². The van der Waals surface area contributed by atoms with E-state index in [0.717, 1.165) is 11.6 Å². The first-order chi connectivity index (χ1) is 15.0. The molecule has 3 aliphatic heterocycles. The minimum absolute atomic E-state index is 0.101. The Morgan fingerprint density at radius 2 is 1.84 bits per heavy atom. The fourth-order valence-electron chi connectivity index (χ4n) is 4.02. The van der Waals surface area contributed by atoms with E-state index in [2.05, 4.69) is 20.4 Å². The van der Waals surface area contributed by atoms with Crippen molar-refractivity contribution in [2.75, 3.05) is 36.4 Å². The zero-order valence-corrected chi connectivity index (χ0v) is 16.5. The molecule has 9 nitrogen and oxygen atoms in total. The number of fused-ring (bicyclic) bond motifs is 1. The van der Waals surface area contributed by atoms with Crippen molar-refractivity contribution in [1.82, 2.24) is 19.9 Å². The number of anilines is 2. The van der Waals surface area contributed by atoms with Gasteiger partial charge in [0, 0.05) is 56.6 Å². The first-order valence-corrected chi connectivity index (χ1v) is 9.95. The zero-order valence-electron chi connectivity index (χ0n) is 16.5. The lowest BCUT2D eigenvalue weighted by atomic mass is 10.0. The second-order valence-corrected chi connectivity index (χ2v) is 7.62. The average molecular weight is 427 g/mol. The second-order valence-electron chi connectivity index (χ2n) is 7.62. The smallest absolute Gasteiger partial charge is 0.337 e. The molecule has 1 saturated heterocycles. The summed E-state index contributed by atoms with van der Waals surface area (Å²) in [6, 6.07) is 2.40. The molecule has 160 valence electrons. The van der Waals surface area contributed by atoms with Gasteiger partial charge in [0.2, 0.25) is 11.9 Å². The maximum absolute atomic E-state index is 13.6. The molecule has 4 heterocycles. The molecule has 1 aromatic heterocycles. The Bertz CT molecular complexity index is 1060. The Morgan fingerprint density at radius 1 is 1.10 bits per heavy atom. The van der Waals surface area contributed by atoms with E-state index in [1.807, 2.05) is 4.90 Å². The van der Waals surface area contributed by atoms with Crippen LogP contribution in [-0.2, 0) is 11.2 Å². The maximum atomic E-state index is 13.6. The summed E-state index contributed by atoms with van der Waals surface area (Å²) in [6.07, 6.45) is 3.90. The van der Waals surface area contributed by atoms with Crippen molar-refractivity contribution in [3.8, 4) is 0 Å². The number of carbonyl (C=O) groups is 2. The Hall–Kier alpha value is -3.63. The number of nitrogens with one attached hydrogen (secondary N) is 1. The summed E-state index contributed by atoms with van der Waals surface area (Å²) in [5, 5.41) is 8.14. The van der Waals surface area contributed by atoms with E-state index in [9.17, 15) is 18.4 Å². The van der Waals surface area contributed by atoms with Gasteiger partial charge in [-0.3, -0.25) is 4.79 Å². The van der Waals surface area contributed by atoms with Crippen LogP contribution in [0.25, 0.3) is 0 Å². The summed E-state index contributed by atoms with van der Waals surface area (Å²) in [7, 11) is 0. The van der Waals surface area contributed by atoms with E-state index in [4.69, 9.17) is 0 Å². The van der Waals surface area contributed by atoms with E-state index in [-0.39, 0.29) is 18.4 Å². The predicted octanol–water partition coefficient (Wildman–Crippen LogP) is 1.92. The van der Waals surface area contributed by atoms with Gasteiger partial charge in [0.05, 0.1) is 12.5 Å². The molecule has 5 rings (SSSR count). The minimum Gasteiger partial charge on any atom is -0.337 e. The molecule has 0 radical (unpaired) electrons. The van der Waals surface area contributed by atoms with Crippen molar-refractivity contribution in [1.29, 1.82) is 0 Å². The number of aromatic nitrogens is 2. The fraction of sp³-hybridized carbons (Fsp3) is 0.350. The third-order valence-corrected chi connectivity index (χ3v) is 5.59. The van der Waals surface area contributed by atoms with Crippen LogP contribution in [0.4, 0.5) is 25.3 Å². The Labute approximate surface area is 176 Å². The van der Waals surface area contributed by atoms with Crippen molar-refractivity contribution in [2.24, 2.45) is 5.10 Å². The van der Waals surface area contributed by atoms with Gasteiger partial charge in [0.1, 0.15) is 17.5 Å². The number of halogens is 2. The monoisotopic (exact) mass is 427 g/mol. The summed E-state index contributed by atoms with van der Waals surface area (Å²) in [5.74, 6) is -0.442. The molecule has 31 heavy (non-hydrogen) atoms. The number of urea groups is 1. The van der Waals surface area contributed by atoms with Crippen LogP contribution < -0.4 is 10.2 Å². The predicted molar refractivity (Wildman–Crippen MR) is 108 cm³/mol. The summed E-state index contributed by atoms with van der Waals surface area (Å²) in [4.78, 5) is 36.9. The molecule has 2 aromatic rings. The number of nitrogens with zero attached hydrogens (tertiary/aromatic N) is 6. The van der Waals surface area contributed by atoms with Gasteiger partial charge in [-0.25, -0.2) is 23.6 Å². The van der Waals surface area contributed by atoms with Crippen LogP contribution in [0, 0.1) is 11.6 Å². The van der Waals surface area contributed by atoms with Crippen LogP contribution in [0.2, 0.25) is 0 Å². The van der Waals surface area contributed by atoms with Gasteiger partial charge in [-0.05, 0) is 17.7 Å². The van der Waals surface area contributed by atoms with Crippen LogP contribution in [-0.4, -0.2) is 64.2 Å². The second kappa shape index (κ2) is 7.56. The summed E-state index contributed by atoms with van der Waals surface area (Å²) in [6.45, 7) is 1.86. The van der Waals surface area contributed by atoms with Gasteiger partial charge >= 0.3 is 6.03 Å². The average Bonchev–Trinajstić information content (AvgIpc) is 3.38. The van der Waals surface area contributed by atoms with E-state index < -0.39 is 17.7 Å². The van der Waals surface area contributed by atoms with E-state index in [1.165, 1.54) is 17.1 Å². The number of hydrogen-bond donors (Lipinski definition) is 1. The highest BCUT2D eigenvalue weighted by Gasteiger charge is 2.34. The van der Waals surface area contributed by atoms with Crippen LogP contribution in [0.15, 0.2) is 29.5 Å². The molecule has 1 aromatic carbocycles. The molecule has 0 spiro atoms. The first-order valence-electron chi connectivity index (χ1n) is 9.95. The quantitative estimate of drug-likeness (QED) is 0.791. The molecule has 11 heteroatoms. The SMILES string of the molecule is O=C1Cc2cnc(N3CCN(C(=O)N4N=CC[C@H]4c4cc(F)cc(F)c4)CC3)nc2N1. The number of carbonyl (C=O) groups excluding carboxylic acids is 2. The van der Waals surface area contributed by atoms with Gasteiger partial charge in [0.15, 0.2) is 0 Å². The van der Waals surface area contributed by atoms with Crippen molar-refractivity contribution in [3.05, 3.63) is 47.2 Å². The van der Waals surface area contributed by atoms with Gasteiger partial charge in [-0.2, -0.15) is 10.1 Å². The highest BCUT2D eigenvalue weighted by atomic mass is 19.1. The van der Waals surface area contributed by atoms with Crippen LogP contribution in [0.1, 0.15) is 23.6 Å². The number of rotatable bonds is 2. The third kappa shape index (κ3) is 3.66. The number of hydrogen-bond acceptors (Lipinski definition) is 6. The molecule has 0 unspecified atom stereocenters. The molecular formula is C20H19F2N7O2. The first kappa shape index (κ1) is 19.3. The summed E-state index contributed by atoms with van der Waals surface area (Å²) in [5.41, 5.74) is 1.14. The van der Waals surface area contributed by atoms with Gasteiger partial charge in [-0.15, -0.1) is 0 Å². The zero-order chi connectivity index (χ0) is 21.5. The largest absolute Gasteiger partial charge is 0.341 e. The van der Waals surface area contributed by atoms with Gasteiger partial charge in [-0.1, -0.05) is 0 Å². The highest BCUT2D eigenvalue weighted by Crippen LogP contribution is 2.30.